The van der Waals surface area contributed by atoms with E-state index in [4.69, 9.17) is 23.5 Å². The van der Waals surface area contributed by atoms with Crippen LogP contribution in [-0.2, 0) is 38.3 Å². The number of aliphatic hydroxyl groups excluding tert-OH is 3. The summed E-state index contributed by atoms with van der Waals surface area (Å²) in [4.78, 5) is 12.7. The Morgan fingerprint density at radius 1 is 0.694 bits per heavy atom. The first-order valence-electron chi connectivity index (χ1n) is 19.3. The van der Waals surface area contributed by atoms with Gasteiger partial charge in [0.15, 0.2) is 6.29 Å². The Balaban J connectivity index is 2.51. The Morgan fingerprint density at radius 3 is 1.63 bits per heavy atom. The summed E-state index contributed by atoms with van der Waals surface area (Å²) in [5, 5.41) is 30.5. The van der Waals surface area contributed by atoms with E-state index < -0.39 is 59.8 Å². The zero-order chi connectivity index (χ0) is 36.2. The van der Waals surface area contributed by atoms with Gasteiger partial charge >= 0.3 is 16.4 Å². The molecule has 6 atom stereocenters. The van der Waals surface area contributed by atoms with Crippen LogP contribution in [0.25, 0.3) is 0 Å². The molecular weight excluding hydrogens is 656 g/mol. The number of hydrogen-bond donors (Lipinski definition) is 4. The van der Waals surface area contributed by atoms with E-state index in [0.29, 0.717) is 13.0 Å². The number of esters is 1. The van der Waals surface area contributed by atoms with Crippen LogP contribution in [0.2, 0.25) is 0 Å². The van der Waals surface area contributed by atoms with Crippen molar-refractivity contribution < 1.29 is 56.2 Å². The van der Waals surface area contributed by atoms with Crippen molar-refractivity contribution in [2.24, 2.45) is 0 Å². The SMILES string of the molecule is CCCCCCCCCCCCCCOCC(COC1OC(CO)C(O)C(OS(=O)(=O)O)C1O)OC(=O)CCCCCCCCCCCC. The van der Waals surface area contributed by atoms with Crippen molar-refractivity contribution in [3.63, 3.8) is 0 Å². The molecule has 0 amide bonds. The number of rotatable bonds is 33. The van der Waals surface area contributed by atoms with Gasteiger partial charge in [-0.3, -0.25) is 9.35 Å². The summed E-state index contributed by atoms with van der Waals surface area (Å²) >= 11 is 0. The highest BCUT2D eigenvalue weighted by molar-refractivity contribution is 7.80. The van der Waals surface area contributed by atoms with Crippen molar-refractivity contribution in [2.45, 2.75) is 198 Å². The average Bonchev–Trinajstić information content (AvgIpc) is 3.06. The molecule has 1 aliphatic heterocycles. The monoisotopic (exact) mass is 726 g/mol. The molecule has 0 spiro atoms. The maximum Gasteiger partial charge on any atom is 0.397 e. The van der Waals surface area contributed by atoms with Crippen molar-refractivity contribution >= 4 is 16.4 Å². The Bertz CT molecular complexity index is 889. The van der Waals surface area contributed by atoms with E-state index in [-0.39, 0.29) is 19.6 Å². The summed E-state index contributed by atoms with van der Waals surface area (Å²) < 4.78 is 58.7. The molecular formula is C36H70O12S. The Hall–Kier alpha value is -0.900. The molecule has 1 fully saturated rings. The van der Waals surface area contributed by atoms with Crippen molar-refractivity contribution in [1.82, 2.24) is 0 Å². The molecule has 4 N–H and O–H groups in total. The van der Waals surface area contributed by atoms with E-state index in [1.54, 1.807) is 0 Å². The number of carbonyl (C=O) groups excluding carboxylic acids is 1. The van der Waals surface area contributed by atoms with E-state index in [2.05, 4.69) is 18.0 Å². The fourth-order valence-corrected chi connectivity index (χ4v) is 6.53. The van der Waals surface area contributed by atoms with Crippen LogP contribution in [0.5, 0.6) is 0 Å². The van der Waals surface area contributed by atoms with E-state index in [9.17, 15) is 28.5 Å². The van der Waals surface area contributed by atoms with Crippen LogP contribution in [0.15, 0.2) is 0 Å². The van der Waals surface area contributed by atoms with Gasteiger partial charge in [-0.15, -0.1) is 0 Å². The summed E-state index contributed by atoms with van der Waals surface area (Å²) in [6, 6.07) is 0. The zero-order valence-electron chi connectivity index (χ0n) is 30.5. The number of hydrogen-bond acceptors (Lipinski definition) is 11. The topological polar surface area (TPSA) is 178 Å². The molecule has 0 radical (unpaired) electrons. The lowest BCUT2D eigenvalue weighted by Gasteiger charge is -2.41. The van der Waals surface area contributed by atoms with Gasteiger partial charge in [-0.25, -0.2) is 4.18 Å². The molecule has 1 saturated heterocycles. The van der Waals surface area contributed by atoms with Crippen molar-refractivity contribution in [2.75, 3.05) is 26.4 Å². The minimum atomic E-state index is -5.05. The van der Waals surface area contributed by atoms with Crippen molar-refractivity contribution in [3.8, 4) is 0 Å². The van der Waals surface area contributed by atoms with E-state index >= 15 is 0 Å². The van der Waals surface area contributed by atoms with E-state index in [0.717, 1.165) is 38.5 Å². The third-order valence-corrected chi connectivity index (χ3v) is 9.44. The quantitative estimate of drug-likeness (QED) is 0.0325. The van der Waals surface area contributed by atoms with Gasteiger partial charge < -0.3 is 34.3 Å². The molecule has 12 nitrogen and oxygen atoms in total. The lowest BCUT2D eigenvalue weighted by atomic mass is 9.99. The molecule has 0 aromatic heterocycles. The third kappa shape index (κ3) is 24.1. The summed E-state index contributed by atoms with van der Waals surface area (Å²) in [6.07, 6.45) is 17.2. The minimum Gasteiger partial charge on any atom is -0.457 e. The molecule has 0 aromatic carbocycles. The highest BCUT2D eigenvalue weighted by Crippen LogP contribution is 2.26. The second-order valence-electron chi connectivity index (χ2n) is 13.5. The van der Waals surface area contributed by atoms with Crippen molar-refractivity contribution in [3.05, 3.63) is 0 Å². The summed E-state index contributed by atoms with van der Waals surface area (Å²) in [5.74, 6) is -0.400. The van der Waals surface area contributed by atoms with Crippen LogP contribution in [0.3, 0.4) is 0 Å². The normalized spacial score (nSPS) is 22.0. The van der Waals surface area contributed by atoms with Gasteiger partial charge in [-0.1, -0.05) is 142 Å². The average molecular weight is 727 g/mol. The molecule has 1 aliphatic rings. The Morgan fingerprint density at radius 2 is 1.16 bits per heavy atom. The van der Waals surface area contributed by atoms with E-state index in [1.165, 1.54) is 96.3 Å². The van der Waals surface area contributed by atoms with Gasteiger partial charge in [0.2, 0.25) is 0 Å². The predicted molar refractivity (Wildman–Crippen MR) is 188 cm³/mol. The van der Waals surface area contributed by atoms with Crippen LogP contribution in [0.1, 0.15) is 162 Å². The van der Waals surface area contributed by atoms with E-state index in [1.807, 2.05) is 0 Å². The highest BCUT2D eigenvalue weighted by Gasteiger charge is 2.48. The number of ether oxygens (including phenoxy) is 4. The molecule has 1 rings (SSSR count). The number of carbonyl (C=O) groups is 1. The predicted octanol–water partition coefficient (Wildman–Crippen LogP) is 6.57. The summed E-state index contributed by atoms with van der Waals surface area (Å²) in [6.45, 7) is 3.97. The molecule has 0 saturated carbocycles. The fourth-order valence-electron chi connectivity index (χ4n) is 6.02. The highest BCUT2D eigenvalue weighted by atomic mass is 32.3. The molecule has 0 aromatic rings. The molecule has 0 aliphatic carbocycles. The second-order valence-corrected chi connectivity index (χ2v) is 14.6. The lowest BCUT2D eigenvalue weighted by Crippen LogP contribution is -2.60. The minimum absolute atomic E-state index is 0.0433. The maximum atomic E-state index is 12.7. The number of unbranched alkanes of at least 4 members (excludes halogenated alkanes) is 20. The van der Waals surface area contributed by atoms with Gasteiger partial charge in [-0.05, 0) is 12.8 Å². The summed E-state index contributed by atoms with van der Waals surface area (Å²) in [7, 11) is -5.05. The molecule has 6 unspecified atom stereocenters. The lowest BCUT2D eigenvalue weighted by molar-refractivity contribution is -0.301. The van der Waals surface area contributed by atoms with Crippen LogP contribution in [0.4, 0.5) is 0 Å². The Labute approximate surface area is 296 Å². The molecule has 1 heterocycles. The second kappa shape index (κ2) is 29.7. The van der Waals surface area contributed by atoms with Crippen LogP contribution >= 0.6 is 0 Å². The maximum absolute atomic E-state index is 12.7. The number of aliphatic hydroxyl groups is 3. The third-order valence-electron chi connectivity index (χ3n) is 8.98. The van der Waals surface area contributed by atoms with Crippen LogP contribution < -0.4 is 0 Å². The fraction of sp³-hybridized carbons (Fsp3) is 0.972. The van der Waals surface area contributed by atoms with Gasteiger partial charge in [0.25, 0.3) is 0 Å². The van der Waals surface area contributed by atoms with Gasteiger partial charge in [0, 0.05) is 13.0 Å². The Kier molecular flexibility index (Phi) is 27.9. The van der Waals surface area contributed by atoms with Gasteiger partial charge in [0.1, 0.15) is 30.5 Å². The van der Waals surface area contributed by atoms with Crippen LogP contribution in [-0.4, -0.2) is 97.5 Å². The molecule has 292 valence electrons. The van der Waals surface area contributed by atoms with Gasteiger partial charge in [0.05, 0.1) is 19.8 Å². The molecule has 13 heteroatoms. The van der Waals surface area contributed by atoms with Gasteiger partial charge in [-0.2, -0.15) is 8.42 Å². The molecule has 49 heavy (non-hydrogen) atoms. The first-order chi connectivity index (χ1) is 23.6. The zero-order valence-corrected chi connectivity index (χ0v) is 31.3. The van der Waals surface area contributed by atoms with Crippen LogP contribution in [0, 0.1) is 0 Å². The smallest absolute Gasteiger partial charge is 0.397 e. The largest absolute Gasteiger partial charge is 0.457 e. The first-order valence-corrected chi connectivity index (χ1v) is 20.7. The first kappa shape index (κ1) is 46.1. The standard InChI is InChI=1S/C36H70O12S/c1-3-5-7-9-11-13-15-16-18-20-22-24-26-44-28-30(46-32(38)25-23-21-19-17-14-12-10-8-6-4-2)29-45-36-34(40)35(48-49(41,42)43)33(39)31(27-37)47-36/h30-31,33-37,39-40H,3-29H2,1-2H3,(H,41,42,43). The van der Waals surface area contributed by atoms with Crippen molar-refractivity contribution in [1.29, 1.82) is 0 Å². The summed E-state index contributed by atoms with van der Waals surface area (Å²) in [5.41, 5.74) is 0. The molecule has 0 bridgehead atoms.